The van der Waals surface area contributed by atoms with Crippen molar-refractivity contribution in [2.75, 3.05) is 19.6 Å². The van der Waals surface area contributed by atoms with E-state index in [1.807, 2.05) is 12.1 Å². The summed E-state index contributed by atoms with van der Waals surface area (Å²) in [6, 6.07) is 6.71. The second-order valence-corrected chi connectivity index (χ2v) is 7.24. The standard InChI is InChI=1S/C17H24Cl2N2/c18-16-8-4-5-14(17(16)19)12-21(11-13-9-20-10-13)15-6-2-1-3-7-15/h4-5,8,13,15,20H,1-3,6-7,9-12H2. The summed E-state index contributed by atoms with van der Waals surface area (Å²) in [4.78, 5) is 2.65. The summed E-state index contributed by atoms with van der Waals surface area (Å²) in [5.41, 5.74) is 1.17. The number of hydrogen-bond donors (Lipinski definition) is 1. The summed E-state index contributed by atoms with van der Waals surface area (Å²) >= 11 is 12.6. The van der Waals surface area contributed by atoms with Gasteiger partial charge in [-0.15, -0.1) is 0 Å². The number of hydrogen-bond acceptors (Lipinski definition) is 2. The van der Waals surface area contributed by atoms with Crippen molar-refractivity contribution in [3.05, 3.63) is 33.8 Å². The van der Waals surface area contributed by atoms with Crippen LogP contribution < -0.4 is 5.32 Å². The van der Waals surface area contributed by atoms with E-state index >= 15 is 0 Å². The molecule has 1 aromatic rings. The molecule has 116 valence electrons. The molecule has 1 aromatic carbocycles. The Kier molecular flexibility index (Phi) is 5.44. The predicted molar refractivity (Wildman–Crippen MR) is 90.1 cm³/mol. The third-order valence-corrected chi connectivity index (χ3v) is 5.71. The fourth-order valence-electron chi connectivity index (χ4n) is 3.49. The zero-order chi connectivity index (χ0) is 14.7. The molecule has 1 heterocycles. The molecule has 1 saturated carbocycles. The lowest BCUT2D eigenvalue weighted by Gasteiger charge is -2.39. The zero-order valence-electron chi connectivity index (χ0n) is 12.5. The third-order valence-electron chi connectivity index (χ3n) is 4.85. The van der Waals surface area contributed by atoms with Crippen LogP contribution in [0, 0.1) is 5.92 Å². The Morgan fingerprint density at radius 3 is 2.52 bits per heavy atom. The average Bonchev–Trinajstić information content (AvgIpc) is 2.47. The van der Waals surface area contributed by atoms with Gasteiger partial charge in [-0.1, -0.05) is 54.6 Å². The highest BCUT2D eigenvalue weighted by Crippen LogP contribution is 2.30. The maximum Gasteiger partial charge on any atom is 0.0637 e. The van der Waals surface area contributed by atoms with Crippen LogP contribution in [-0.4, -0.2) is 30.6 Å². The minimum atomic E-state index is 0.670. The van der Waals surface area contributed by atoms with E-state index in [0.29, 0.717) is 5.02 Å². The first-order valence-electron chi connectivity index (χ1n) is 8.11. The molecule has 3 rings (SSSR count). The van der Waals surface area contributed by atoms with Crippen molar-refractivity contribution in [3.8, 4) is 0 Å². The normalized spacial score (nSPS) is 20.7. The molecule has 1 aliphatic heterocycles. The van der Waals surface area contributed by atoms with Crippen LogP contribution in [-0.2, 0) is 6.54 Å². The van der Waals surface area contributed by atoms with Gasteiger partial charge in [0.2, 0.25) is 0 Å². The second kappa shape index (κ2) is 7.32. The molecule has 4 heteroatoms. The summed E-state index contributed by atoms with van der Waals surface area (Å²) in [5.74, 6) is 0.796. The Bertz CT molecular complexity index is 468. The number of rotatable bonds is 5. The molecule has 0 radical (unpaired) electrons. The molecule has 21 heavy (non-hydrogen) atoms. The summed E-state index contributed by atoms with van der Waals surface area (Å²) in [5, 5.41) is 4.78. The van der Waals surface area contributed by atoms with E-state index in [4.69, 9.17) is 23.2 Å². The Balaban J connectivity index is 1.72. The van der Waals surface area contributed by atoms with Gasteiger partial charge in [0.05, 0.1) is 10.0 Å². The molecule has 2 nitrogen and oxygen atoms in total. The molecule has 1 N–H and O–H groups in total. The van der Waals surface area contributed by atoms with Crippen LogP contribution in [0.4, 0.5) is 0 Å². The first-order valence-corrected chi connectivity index (χ1v) is 8.87. The average molecular weight is 327 g/mol. The third kappa shape index (κ3) is 3.92. The molecule has 0 bridgehead atoms. The smallest absolute Gasteiger partial charge is 0.0637 e. The van der Waals surface area contributed by atoms with Crippen molar-refractivity contribution in [1.82, 2.24) is 10.2 Å². The lowest BCUT2D eigenvalue weighted by molar-refractivity contribution is 0.109. The van der Waals surface area contributed by atoms with Gasteiger partial charge < -0.3 is 5.32 Å². The molecule has 2 aliphatic rings. The molecule has 0 aromatic heterocycles. The SMILES string of the molecule is Clc1cccc(CN(CC2CNC2)C2CCCCC2)c1Cl. The monoisotopic (exact) mass is 326 g/mol. The lowest BCUT2D eigenvalue weighted by atomic mass is 9.92. The number of halogens is 2. The Morgan fingerprint density at radius 1 is 1.10 bits per heavy atom. The fraction of sp³-hybridized carbons (Fsp3) is 0.647. The molecule has 1 aliphatic carbocycles. The fourth-order valence-corrected chi connectivity index (χ4v) is 3.87. The van der Waals surface area contributed by atoms with Crippen molar-refractivity contribution in [2.45, 2.75) is 44.7 Å². The van der Waals surface area contributed by atoms with Crippen LogP contribution in [0.25, 0.3) is 0 Å². The first kappa shape index (κ1) is 15.6. The van der Waals surface area contributed by atoms with Gasteiger partial charge in [-0.3, -0.25) is 4.90 Å². The van der Waals surface area contributed by atoms with Crippen LogP contribution in [0.5, 0.6) is 0 Å². The number of benzene rings is 1. The van der Waals surface area contributed by atoms with Crippen molar-refractivity contribution < 1.29 is 0 Å². The van der Waals surface area contributed by atoms with Gasteiger partial charge in [0.25, 0.3) is 0 Å². The summed E-state index contributed by atoms with van der Waals surface area (Å²) in [6.07, 6.45) is 6.80. The topological polar surface area (TPSA) is 15.3 Å². The Labute approximate surface area is 137 Å². The maximum absolute atomic E-state index is 6.39. The zero-order valence-corrected chi connectivity index (χ0v) is 14.0. The molecule has 0 amide bonds. The Hall–Kier alpha value is -0.280. The van der Waals surface area contributed by atoms with E-state index in [-0.39, 0.29) is 0 Å². The molecule has 0 unspecified atom stereocenters. The van der Waals surface area contributed by atoms with Gasteiger partial charge in [-0.2, -0.15) is 0 Å². The number of nitrogens with zero attached hydrogens (tertiary/aromatic N) is 1. The summed E-state index contributed by atoms with van der Waals surface area (Å²) in [7, 11) is 0. The molecule has 0 atom stereocenters. The molecule has 1 saturated heterocycles. The highest BCUT2D eigenvalue weighted by Gasteiger charge is 2.27. The minimum absolute atomic E-state index is 0.670. The van der Waals surface area contributed by atoms with Gasteiger partial charge in [0.15, 0.2) is 0 Å². The molecule has 2 fully saturated rings. The first-order chi connectivity index (χ1) is 10.2. The van der Waals surface area contributed by atoms with Gasteiger partial charge in [0.1, 0.15) is 0 Å². The van der Waals surface area contributed by atoms with E-state index in [1.54, 1.807) is 0 Å². The second-order valence-electron chi connectivity index (χ2n) is 6.46. The molecule has 0 spiro atoms. The van der Waals surface area contributed by atoms with Gasteiger partial charge in [-0.05, 0) is 30.4 Å². The van der Waals surface area contributed by atoms with E-state index in [1.165, 1.54) is 44.2 Å². The van der Waals surface area contributed by atoms with E-state index in [0.717, 1.165) is 36.6 Å². The van der Waals surface area contributed by atoms with Crippen molar-refractivity contribution >= 4 is 23.2 Å². The van der Waals surface area contributed by atoms with E-state index < -0.39 is 0 Å². The lowest BCUT2D eigenvalue weighted by Crippen LogP contribution is -2.50. The number of nitrogens with one attached hydrogen (secondary N) is 1. The van der Waals surface area contributed by atoms with Crippen molar-refractivity contribution in [1.29, 1.82) is 0 Å². The maximum atomic E-state index is 6.39. The minimum Gasteiger partial charge on any atom is -0.316 e. The molecular weight excluding hydrogens is 303 g/mol. The van der Waals surface area contributed by atoms with E-state index in [9.17, 15) is 0 Å². The largest absolute Gasteiger partial charge is 0.316 e. The van der Waals surface area contributed by atoms with Gasteiger partial charge in [0, 0.05) is 32.2 Å². The van der Waals surface area contributed by atoms with Crippen LogP contribution >= 0.6 is 23.2 Å². The summed E-state index contributed by atoms with van der Waals surface area (Å²) in [6.45, 7) is 4.43. The van der Waals surface area contributed by atoms with Crippen molar-refractivity contribution in [2.24, 2.45) is 5.92 Å². The summed E-state index contributed by atoms with van der Waals surface area (Å²) < 4.78 is 0. The highest BCUT2D eigenvalue weighted by atomic mass is 35.5. The highest BCUT2D eigenvalue weighted by molar-refractivity contribution is 6.42. The van der Waals surface area contributed by atoms with Crippen LogP contribution in [0.1, 0.15) is 37.7 Å². The van der Waals surface area contributed by atoms with Gasteiger partial charge in [-0.25, -0.2) is 0 Å². The Morgan fingerprint density at radius 2 is 1.86 bits per heavy atom. The molecular formula is C17H24Cl2N2. The van der Waals surface area contributed by atoms with Gasteiger partial charge >= 0.3 is 0 Å². The van der Waals surface area contributed by atoms with Crippen molar-refractivity contribution in [3.63, 3.8) is 0 Å². The predicted octanol–water partition coefficient (Wildman–Crippen LogP) is 4.35. The van der Waals surface area contributed by atoms with Crippen LogP contribution in [0.3, 0.4) is 0 Å². The van der Waals surface area contributed by atoms with E-state index in [2.05, 4.69) is 16.3 Å². The van der Waals surface area contributed by atoms with Crippen LogP contribution in [0.15, 0.2) is 18.2 Å². The van der Waals surface area contributed by atoms with Crippen LogP contribution in [0.2, 0.25) is 10.0 Å². The quantitative estimate of drug-likeness (QED) is 0.865.